The first-order valence-corrected chi connectivity index (χ1v) is 7.78. The molecule has 1 atom stereocenters. The summed E-state index contributed by atoms with van der Waals surface area (Å²) < 4.78 is 14.6. The smallest absolute Gasteiger partial charge is 0.462 e. The fourth-order valence-corrected chi connectivity index (χ4v) is 2.18. The van der Waals surface area contributed by atoms with Gasteiger partial charge in [-0.1, -0.05) is 20.3 Å². The lowest BCUT2D eigenvalue weighted by molar-refractivity contribution is -0.149. The third-order valence-corrected chi connectivity index (χ3v) is 3.42. The van der Waals surface area contributed by atoms with Gasteiger partial charge in [0.25, 0.3) is 0 Å². The Hall–Kier alpha value is -1.79. The van der Waals surface area contributed by atoms with E-state index in [0.29, 0.717) is 19.5 Å². The average Bonchev–Trinajstić information content (AvgIpc) is 2.89. The number of ether oxygens (including phenoxy) is 3. The molecule has 0 bridgehead atoms. The molecular weight excluding hydrogens is 290 g/mol. The Labute approximate surface area is 130 Å². The molecule has 1 unspecified atom stereocenters. The maximum absolute atomic E-state index is 11.5. The van der Waals surface area contributed by atoms with E-state index in [2.05, 4.69) is 0 Å². The summed E-state index contributed by atoms with van der Waals surface area (Å²) in [5.41, 5.74) is 0. The van der Waals surface area contributed by atoms with E-state index in [1.165, 1.54) is 0 Å². The van der Waals surface area contributed by atoms with Crippen LogP contribution in [-0.2, 0) is 23.8 Å². The first-order valence-electron chi connectivity index (χ1n) is 7.78. The second-order valence-electron chi connectivity index (χ2n) is 5.29. The van der Waals surface area contributed by atoms with Crippen molar-refractivity contribution in [2.75, 3.05) is 32.9 Å². The summed E-state index contributed by atoms with van der Waals surface area (Å²) in [6.45, 7) is 5.00. The first kappa shape index (κ1) is 18.3. The third-order valence-electron chi connectivity index (χ3n) is 3.42. The molecule has 22 heavy (non-hydrogen) atoms. The number of carbonyl (C=O) groups excluding carboxylic acids is 3. The molecule has 0 spiro atoms. The third kappa shape index (κ3) is 6.78. The molecule has 1 aliphatic rings. The number of hydrogen-bond acceptors (Lipinski definition) is 6. The maximum Gasteiger partial charge on any atom is 0.508 e. The molecule has 1 rings (SSSR count). The molecule has 0 aromatic carbocycles. The zero-order chi connectivity index (χ0) is 16.4. The first-order chi connectivity index (χ1) is 10.5. The van der Waals surface area contributed by atoms with Crippen LogP contribution in [0.2, 0.25) is 0 Å². The van der Waals surface area contributed by atoms with Gasteiger partial charge in [0.1, 0.15) is 19.8 Å². The summed E-state index contributed by atoms with van der Waals surface area (Å²) in [5, 5.41) is 0. The minimum atomic E-state index is -0.815. The van der Waals surface area contributed by atoms with Gasteiger partial charge in [0.05, 0.1) is 12.5 Å². The van der Waals surface area contributed by atoms with Gasteiger partial charge in [0, 0.05) is 13.0 Å². The minimum absolute atomic E-state index is 0.0204. The van der Waals surface area contributed by atoms with Crippen molar-refractivity contribution in [1.82, 2.24) is 4.90 Å². The fourth-order valence-electron chi connectivity index (χ4n) is 2.18. The maximum atomic E-state index is 11.5. The van der Waals surface area contributed by atoms with Crippen molar-refractivity contribution < 1.29 is 28.6 Å². The summed E-state index contributed by atoms with van der Waals surface area (Å²) in [7, 11) is 0. The Bertz CT molecular complexity index is 384. The predicted octanol–water partition coefficient (Wildman–Crippen LogP) is 1.74. The fraction of sp³-hybridized carbons (Fsp3) is 0.800. The van der Waals surface area contributed by atoms with Crippen molar-refractivity contribution in [2.24, 2.45) is 5.92 Å². The van der Waals surface area contributed by atoms with Crippen molar-refractivity contribution in [1.29, 1.82) is 0 Å². The standard InChI is InChI=1S/C15H25NO6/c1-3-5-12(2)14(18)20-10-11-22-15(19)21-9-8-16-7-4-6-13(16)17/h12H,3-11H2,1-2H3. The number of amides is 1. The van der Waals surface area contributed by atoms with Gasteiger partial charge in [0.2, 0.25) is 5.91 Å². The molecular formula is C15H25NO6. The van der Waals surface area contributed by atoms with E-state index < -0.39 is 6.16 Å². The molecule has 0 saturated carbocycles. The molecule has 0 N–H and O–H groups in total. The van der Waals surface area contributed by atoms with Gasteiger partial charge >= 0.3 is 12.1 Å². The summed E-state index contributed by atoms with van der Waals surface area (Å²) >= 11 is 0. The molecule has 126 valence electrons. The van der Waals surface area contributed by atoms with Crippen LogP contribution in [0.25, 0.3) is 0 Å². The lowest BCUT2D eigenvalue weighted by atomic mass is 10.1. The molecule has 1 saturated heterocycles. The van der Waals surface area contributed by atoms with Crippen LogP contribution in [0.5, 0.6) is 0 Å². The zero-order valence-corrected chi connectivity index (χ0v) is 13.3. The van der Waals surface area contributed by atoms with E-state index in [-0.39, 0.29) is 37.6 Å². The molecule has 7 nitrogen and oxygen atoms in total. The number of esters is 1. The van der Waals surface area contributed by atoms with Crippen LogP contribution < -0.4 is 0 Å². The topological polar surface area (TPSA) is 82.1 Å². The number of nitrogens with zero attached hydrogens (tertiary/aromatic N) is 1. The highest BCUT2D eigenvalue weighted by Crippen LogP contribution is 2.08. The number of rotatable bonds is 9. The predicted molar refractivity (Wildman–Crippen MR) is 78.1 cm³/mol. The van der Waals surface area contributed by atoms with Crippen LogP contribution in [0.3, 0.4) is 0 Å². The van der Waals surface area contributed by atoms with E-state index in [9.17, 15) is 14.4 Å². The van der Waals surface area contributed by atoms with E-state index in [1.54, 1.807) is 11.8 Å². The van der Waals surface area contributed by atoms with Crippen LogP contribution in [0.4, 0.5) is 4.79 Å². The van der Waals surface area contributed by atoms with Crippen molar-refractivity contribution in [3.8, 4) is 0 Å². The quantitative estimate of drug-likeness (QED) is 0.476. The second-order valence-corrected chi connectivity index (χ2v) is 5.29. The highest BCUT2D eigenvalue weighted by molar-refractivity contribution is 5.78. The Morgan fingerprint density at radius 1 is 1.18 bits per heavy atom. The van der Waals surface area contributed by atoms with E-state index >= 15 is 0 Å². The van der Waals surface area contributed by atoms with Gasteiger partial charge in [-0.25, -0.2) is 4.79 Å². The van der Waals surface area contributed by atoms with Gasteiger partial charge in [-0.05, 0) is 12.8 Å². The van der Waals surface area contributed by atoms with Crippen molar-refractivity contribution in [3.63, 3.8) is 0 Å². The Morgan fingerprint density at radius 2 is 1.86 bits per heavy atom. The minimum Gasteiger partial charge on any atom is -0.462 e. The molecule has 0 aliphatic carbocycles. The largest absolute Gasteiger partial charge is 0.508 e. The molecule has 1 fully saturated rings. The van der Waals surface area contributed by atoms with Gasteiger partial charge in [-0.2, -0.15) is 0 Å². The summed E-state index contributed by atoms with van der Waals surface area (Å²) in [4.78, 5) is 35.8. The summed E-state index contributed by atoms with van der Waals surface area (Å²) in [6.07, 6.45) is 2.29. The number of carbonyl (C=O) groups is 3. The molecule has 7 heteroatoms. The molecule has 0 aromatic heterocycles. The average molecular weight is 315 g/mol. The molecule has 0 radical (unpaired) electrons. The normalized spacial score (nSPS) is 15.5. The highest BCUT2D eigenvalue weighted by Gasteiger charge is 2.20. The lowest BCUT2D eigenvalue weighted by Gasteiger charge is -2.15. The van der Waals surface area contributed by atoms with Crippen molar-refractivity contribution >= 4 is 18.0 Å². The van der Waals surface area contributed by atoms with Crippen molar-refractivity contribution in [2.45, 2.75) is 39.5 Å². The van der Waals surface area contributed by atoms with Crippen LogP contribution >= 0.6 is 0 Å². The highest BCUT2D eigenvalue weighted by atomic mass is 16.7. The van der Waals surface area contributed by atoms with Crippen LogP contribution in [-0.4, -0.2) is 55.8 Å². The van der Waals surface area contributed by atoms with Gasteiger partial charge < -0.3 is 19.1 Å². The Balaban J connectivity index is 2.01. The lowest BCUT2D eigenvalue weighted by Crippen LogP contribution is -2.29. The van der Waals surface area contributed by atoms with Gasteiger partial charge in [0.15, 0.2) is 0 Å². The van der Waals surface area contributed by atoms with Crippen molar-refractivity contribution in [3.05, 3.63) is 0 Å². The summed E-state index contributed by atoms with van der Waals surface area (Å²) in [5.74, 6) is -0.341. The monoisotopic (exact) mass is 315 g/mol. The molecule has 1 heterocycles. The molecule has 1 aliphatic heterocycles. The Kier molecular flexibility index (Phi) is 8.32. The van der Waals surface area contributed by atoms with Crippen LogP contribution in [0.1, 0.15) is 39.5 Å². The number of hydrogen-bond donors (Lipinski definition) is 0. The van der Waals surface area contributed by atoms with Crippen LogP contribution in [0, 0.1) is 5.92 Å². The SMILES string of the molecule is CCCC(C)C(=O)OCCOC(=O)OCCN1CCCC1=O. The van der Waals surface area contributed by atoms with E-state index in [0.717, 1.165) is 19.3 Å². The number of likely N-dealkylation sites (tertiary alicyclic amines) is 1. The zero-order valence-electron chi connectivity index (χ0n) is 13.3. The van der Waals surface area contributed by atoms with Crippen LogP contribution in [0.15, 0.2) is 0 Å². The van der Waals surface area contributed by atoms with E-state index in [4.69, 9.17) is 14.2 Å². The van der Waals surface area contributed by atoms with Gasteiger partial charge in [-0.15, -0.1) is 0 Å². The van der Waals surface area contributed by atoms with Gasteiger partial charge in [-0.3, -0.25) is 9.59 Å². The molecule has 1 amide bonds. The second kappa shape index (κ2) is 10.0. The van der Waals surface area contributed by atoms with E-state index in [1.807, 2.05) is 6.92 Å². The molecule has 0 aromatic rings. The Morgan fingerprint density at radius 3 is 2.50 bits per heavy atom. The summed E-state index contributed by atoms with van der Waals surface area (Å²) in [6, 6.07) is 0.